The molecule has 1 aliphatic rings. The average molecular weight is 231 g/mol. The summed E-state index contributed by atoms with van der Waals surface area (Å²) < 4.78 is 1.87. The Balaban J connectivity index is 2.39. The van der Waals surface area contributed by atoms with Gasteiger partial charge in [-0.25, -0.2) is 4.79 Å². The fourth-order valence-electron chi connectivity index (χ4n) is 2.69. The van der Waals surface area contributed by atoms with Gasteiger partial charge in [0.2, 0.25) is 0 Å². The van der Waals surface area contributed by atoms with Gasteiger partial charge in [0.25, 0.3) is 0 Å². The summed E-state index contributed by atoms with van der Waals surface area (Å²) in [6.45, 7) is 5.85. The van der Waals surface area contributed by atoms with E-state index in [2.05, 4.69) is 30.2 Å². The molecule has 0 amide bonds. The monoisotopic (exact) mass is 231 g/mol. The van der Waals surface area contributed by atoms with Crippen LogP contribution in [0.3, 0.4) is 0 Å². The molecule has 4 heteroatoms. The number of benzene rings is 1. The molecule has 2 aromatic rings. The zero-order valence-corrected chi connectivity index (χ0v) is 10.2. The van der Waals surface area contributed by atoms with Gasteiger partial charge in [-0.15, -0.1) is 0 Å². The third-order valence-electron chi connectivity index (χ3n) is 3.60. The van der Waals surface area contributed by atoms with Crippen molar-refractivity contribution in [3.8, 4) is 0 Å². The molecule has 0 saturated heterocycles. The molecule has 3 rings (SSSR count). The van der Waals surface area contributed by atoms with Crippen molar-refractivity contribution in [2.45, 2.75) is 39.4 Å². The maximum absolute atomic E-state index is 11.9. The number of imidazole rings is 1. The standard InChI is InChI=1S/C13H17N3O/c1-3-9-4-5-11-12-10(9)6-14-8(2)7-16(12)13(17)15-11/h4-5,8,14H,3,6-7H2,1-2H3,(H,15,17)/t8-/m0/s1. The van der Waals surface area contributed by atoms with Crippen LogP contribution in [0.25, 0.3) is 11.0 Å². The van der Waals surface area contributed by atoms with Crippen LogP contribution in [-0.4, -0.2) is 15.6 Å². The summed E-state index contributed by atoms with van der Waals surface area (Å²) in [5.41, 5.74) is 4.65. The normalized spacial score (nSPS) is 19.5. The van der Waals surface area contributed by atoms with E-state index in [9.17, 15) is 4.79 Å². The molecule has 2 N–H and O–H groups in total. The molecule has 0 saturated carbocycles. The zero-order valence-electron chi connectivity index (χ0n) is 10.2. The van der Waals surface area contributed by atoms with Gasteiger partial charge >= 0.3 is 5.69 Å². The Kier molecular flexibility index (Phi) is 2.33. The molecule has 0 fully saturated rings. The largest absolute Gasteiger partial charge is 0.326 e. The third kappa shape index (κ3) is 1.52. The van der Waals surface area contributed by atoms with Crippen molar-refractivity contribution in [2.24, 2.45) is 0 Å². The highest BCUT2D eigenvalue weighted by Crippen LogP contribution is 2.23. The van der Waals surface area contributed by atoms with Gasteiger partial charge in [-0.05, 0) is 30.5 Å². The van der Waals surface area contributed by atoms with E-state index in [1.807, 2.05) is 10.6 Å². The summed E-state index contributed by atoms with van der Waals surface area (Å²) >= 11 is 0. The van der Waals surface area contributed by atoms with E-state index in [-0.39, 0.29) is 5.69 Å². The van der Waals surface area contributed by atoms with Gasteiger partial charge in [-0.1, -0.05) is 13.0 Å². The van der Waals surface area contributed by atoms with Crippen LogP contribution in [-0.2, 0) is 19.5 Å². The lowest BCUT2D eigenvalue weighted by Crippen LogP contribution is -2.30. The van der Waals surface area contributed by atoms with Crippen molar-refractivity contribution in [3.05, 3.63) is 33.7 Å². The first kappa shape index (κ1) is 10.6. The second-order valence-corrected chi connectivity index (χ2v) is 4.78. The topological polar surface area (TPSA) is 49.8 Å². The van der Waals surface area contributed by atoms with Crippen LogP contribution in [0.4, 0.5) is 0 Å². The maximum Gasteiger partial charge on any atom is 0.326 e. The lowest BCUT2D eigenvalue weighted by Gasteiger charge is -2.10. The number of aryl methyl sites for hydroxylation is 1. The first-order valence-electron chi connectivity index (χ1n) is 6.17. The summed E-state index contributed by atoms with van der Waals surface area (Å²) in [5.74, 6) is 0. The Morgan fingerprint density at radius 2 is 2.29 bits per heavy atom. The highest BCUT2D eigenvalue weighted by atomic mass is 16.1. The fraction of sp³-hybridized carbons (Fsp3) is 0.462. The number of aromatic nitrogens is 2. The smallest absolute Gasteiger partial charge is 0.308 e. The predicted octanol–water partition coefficient (Wildman–Crippen LogP) is 1.38. The minimum Gasteiger partial charge on any atom is -0.308 e. The molecule has 0 bridgehead atoms. The quantitative estimate of drug-likeness (QED) is 0.779. The van der Waals surface area contributed by atoms with E-state index in [0.717, 1.165) is 30.5 Å². The second kappa shape index (κ2) is 3.74. The second-order valence-electron chi connectivity index (χ2n) is 4.78. The van der Waals surface area contributed by atoms with Crippen LogP contribution in [0, 0.1) is 0 Å². The van der Waals surface area contributed by atoms with Gasteiger partial charge in [0.05, 0.1) is 11.0 Å². The van der Waals surface area contributed by atoms with Crippen molar-refractivity contribution in [2.75, 3.05) is 0 Å². The first-order chi connectivity index (χ1) is 8.20. The molecule has 1 aliphatic heterocycles. The van der Waals surface area contributed by atoms with Crippen LogP contribution in [0.2, 0.25) is 0 Å². The van der Waals surface area contributed by atoms with E-state index in [1.54, 1.807) is 0 Å². The summed E-state index contributed by atoms with van der Waals surface area (Å²) in [6, 6.07) is 4.46. The molecule has 0 spiro atoms. The lowest BCUT2D eigenvalue weighted by atomic mass is 10.0. The van der Waals surface area contributed by atoms with Crippen LogP contribution < -0.4 is 11.0 Å². The number of hydrogen-bond donors (Lipinski definition) is 2. The molecule has 1 aromatic heterocycles. The molecule has 0 aliphatic carbocycles. The summed E-state index contributed by atoms with van der Waals surface area (Å²) in [6.07, 6.45) is 1.00. The SMILES string of the molecule is CCc1ccc2[nH]c(=O)n3c2c1CN[C@@H](C)C3. The molecule has 1 aromatic carbocycles. The van der Waals surface area contributed by atoms with E-state index in [4.69, 9.17) is 0 Å². The molecule has 0 unspecified atom stereocenters. The van der Waals surface area contributed by atoms with Crippen LogP contribution in [0.5, 0.6) is 0 Å². The van der Waals surface area contributed by atoms with Gasteiger partial charge in [0, 0.05) is 19.1 Å². The first-order valence-corrected chi connectivity index (χ1v) is 6.17. The van der Waals surface area contributed by atoms with Gasteiger partial charge in [-0.3, -0.25) is 4.57 Å². The average Bonchev–Trinajstić information content (AvgIpc) is 2.52. The Labute approximate surface area is 99.6 Å². The van der Waals surface area contributed by atoms with Crippen molar-refractivity contribution in [1.29, 1.82) is 0 Å². The lowest BCUT2D eigenvalue weighted by molar-refractivity contribution is 0.490. The van der Waals surface area contributed by atoms with Crippen LogP contribution in [0.15, 0.2) is 16.9 Å². The van der Waals surface area contributed by atoms with Gasteiger partial charge in [0.1, 0.15) is 0 Å². The third-order valence-corrected chi connectivity index (χ3v) is 3.60. The molecule has 17 heavy (non-hydrogen) atoms. The van der Waals surface area contributed by atoms with Crippen molar-refractivity contribution in [3.63, 3.8) is 0 Å². The molecular weight excluding hydrogens is 214 g/mol. The van der Waals surface area contributed by atoms with Gasteiger partial charge in [-0.2, -0.15) is 0 Å². The maximum atomic E-state index is 11.9. The Morgan fingerprint density at radius 1 is 1.47 bits per heavy atom. The number of hydrogen-bond acceptors (Lipinski definition) is 2. The molecular formula is C13H17N3O. The molecule has 2 heterocycles. The number of nitrogens with one attached hydrogen (secondary N) is 2. The van der Waals surface area contributed by atoms with E-state index in [0.29, 0.717) is 6.04 Å². The minimum atomic E-state index is 0.00468. The zero-order chi connectivity index (χ0) is 12.0. The summed E-state index contributed by atoms with van der Waals surface area (Å²) in [5, 5.41) is 3.47. The summed E-state index contributed by atoms with van der Waals surface area (Å²) in [7, 11) is 0. The van der Waals surface area contributed by atoms with E-state index >= 15 is 0 Å². The number of aromatic amines is 1. The number of H-pyrrole nitrogens is 1. The number of nitrogens with zero attached hydrogens (tertiary/aromatic N) is 1. The molecule has 90 valence electrons. The van der Waals surface area contributed by atoms with Crippen molar-refractivity contribution in [1.82, 2.24) is 14.9 Å². The molecule has 1 atom stereocenters. The van der Waals surface area contributed by atoms with Gasteiger partial charge < -0.3 is 10.3 Å². The van der Waals surface area contributed by atoms with Crippen LogP contribution >= 0.6 is 0 Å². The molecule has 0 radical (unpaired) electrons. The Bertz CT molecular complexity index is 623. The fourth-order valence-corrected chi connectivity index (χ4v) is 2.69. The van der Waals surface area contributed by atoms with E-state index in [1.165, 1.54) is 11.1 Å². The highest BCUT2D eigenvalue weighted by Gasteiger charge is 2.19. The van der Waals surface area contributed by atoms with Crippen molar-refractivity contribution < 1.29 is 0 Å². The predicted molar refractivity (Wildman–Crippen MR) is 68.2 cm³/mol. The Morgan fingerprint density at radius 3 is 3.06 bits per heavy atom. The Hall–Kier alpha value is -1.55. The van der Waals surface area contributed by atoms with E-state index < -0.39 is 0 Å². The number of rotatable bonds is 1. The van der Waals surface area contributed by atoms with Gasteiger partial charge in [0.15, 0.2) is 0 Å². The molecule has 4 nitrogen and oxygen atoms in total. The highest BCUT2D eigenvalue weighted by molar-refractivity contribution is 5.80. The summed E-state index contributed by atoms with van der Waals surface area (Å²) in [4.78, 5) is 14.9. The van der Waals surface area contributed by atoms with Crippen molar-refractivity contribution >= 4 is 11.0 Å². The minimum absolute atomic E-state index is 0.00468. The van der Waals surface area contributed by atoms with Crippen LogP contribution in [0.1, 0.15) is 25.0 Å².